The Kier molecular flexibility index (Phi) is 8.01. The molecule has 0 bridgehead atoms. The Morgan fingerprint density at radius 1 is 1.39 bits per heavy atom. The molecule has 1 N–H and O–H groups in total. The predicted octanol–water partition coefficient (Wildman–Crippen LogP) is 1.79. The van der Waals surface area contributed by atoms with Crippen molar-refractivity contribution in [3.8, 4) is 0 Å². The van der Waals surface area contributed by atoms with E-state index in [1.54, 1.807) is 0 Å². The van der Waals surface area contributed by atoms with Gasteiger partial charge in [-0.3, -0.25) is 4.79 Å². The van der Waals surface area contributed by atoms with Gasteiger partial charge in [0.15, 0.2) is 0 Å². The first-order valence-electron chi connectivity index (χ1n) is 7.30. The molecule has 0 spiro atoms. The van der Waals surface area contributed by atoms with Crippen molar-refractivity contribution in [2.75, 3.05) is 33.3 Å². The number of ether oxygens (including phenoxy) is 1. The number of nitrogens with zero attached hydrogens (tertiary/aromatic N) is 1. The average molecular weight is 256 g/mol. The molecule has 0 aromatic heterocycles. The first kappa shape index (κ1) is 15.4. The van der Waals surface area contributed by atoms with Crippen LogP contribution in [0.4, 0.5) is 0 Å². The Morgan fingerprint density at radius 3 is 2.89 bits per heavy atom. The van der Waals surface area contributed by atoms with E-state index in [9.17, 15) is 4.79 Å². The molecule has 1 saturated heterocycles. The van der Waals surface area contributed by atoms with Crippen LogP contribution in [0.15, 0.2) is 0 Å². The first-order valence-corrected chi connectivity index (χ1v) is 7.30. The van der Waals surface area contributed by atoms with Gasteiger partial charge in [-0.15, -0.1) is 0 Å². The summed E-state index contributed by atoms with van der Waals surface area (Å²) in [6.07, 6.45) is 6.43. The number of likely N-dealkylation sites (N-methyl/N-ethyl adjacent to an activating group) is 1. The molecule has 18 heavy (non-hydrogen) atoms. The van der Waals surface area contributed by atoms with E-state index >= 15 is 0 Å². The van der Waals surface area contributed by atoms with E-state index in [2.05, 4.69) is 17.3 Å². The summed E-state index contributed by atoms with van der Waals surface area (Å²) in [7, 11) is 2.21. The molecule has 1 aliphatic rings. The van der Waals surface area contributed by atoms with Gasteiger partial charge in [0.1, 0.15) is 0 Å². The number of nitrogens with one attached hydrogen (secondary N) is 1. The van der Waals surface area contributed by atoms with Gasteiger partial charge in [-0.2, -0.15) is 0 Å². The number of carbonyl (C=O) groups excluding carboxylic acids is 1. The zero-order valence-electron chi connectivity index (χ0n) is 11.9. The number of rotatable bonds is 9. The van der Waals surface area contributed by atoms with E-state index in [0.29, 0.717) is 13.0 Å². The van der Waals surface area contributed by atoms with Crippen molar-refractivity contribution in [1.29, 1.82) is 0 Å². The highest BCUT2D eigenvalue weighted by molar-refractivity contribution is 5.69. The fourth-order valence-corrected chi connectivity index (χ4v) is 2.44. The minimum atomic E-state index is -0.0574. The molecule has 1 rings (SSSR count). The Hall–Kier alpha value is -0.610. The van der Waals surface area contributed by atoms with Crippen LogP contribution in [0.3, 0.4) is 0 Å². The molecule has 0 aromatic rings. The number of hydrogen-bond donors (Lipinski definition) is 1. The van der Waals surface area contributed by atoms with Crippen LogP contribution in [0.1, 0.15) is 45.4 Å². The summed E-state index contributed by atoms with van der Waals surface area (Å²) < 4.78 is 4.89. The van der Waals surface area contributed by atoms with Crippen molar-refractivity contribution in [3.63, 3.8) is 0 Å². The van der Waals surface area contributed by atoms with E-state index in [1.807, 2.05) is 6.92 Å². The van der Waals surface area contributed by atoms with E-state index in [4.69, 9.17) is 4.74 Å². The van der Waals surface area contributed by atoms with Gasteiger partial charge in [-0.05, 0) is 52.7 Å². The van der Waals surface area contributed by atoms with Crippen LogP contribution < -0.4 is 5.32 Å². The largest absolute Gasteiger partial charge is 0.466 e. The van der Waals surface area contributed by atoms with Gasteiger partial charge < -0.3 is 15.0 Å². The maximum atomic E-state index is 11.1. The second-order valence-electron chi connectivity index (χ2n) is 5.10. The lowest BCUT2D eigenvalue weighted by atomic mass is 10.2. The van der Waals surface area contributed by atoms with Crippen molar-refractivity contribution >= 4 is 5.97 Å². The Bertz CT molecular complexity index is 234. The van der Waals surface area contributed by atoms with Gasteiger partial charge in [0.05, 0.1) is 6.61 Å². The fraction of sp³-hybridized carbons (Fsp3) is 0.929. The summed E-state index contributed by atoms with van der Waals surface area (Å²) in [5.74, 6) is -0.0574. The molecule has 106 valence electrons. The van der Waals surface area contributed by atoms with Gasteiger partial charge in [0.2, 0.25) is 0 Å². The number of unbranched alkanes of at least 4 members (excludes halogenated alkanes) is 2. The predicted molar refractivity (Wildman–Crippen MR) is 73.6 cm³/mol. The summed E-state index contributed by atoms with van der Waals surface area (Å²) >= 11 is 0. The molecule has 4 heteroatoms. The number of carbonyl (C=O) groups is 1. The summed E-state index contributed by atoms with van der Waals surface area (Å²) in [4.78, 5) is 13.5. The molecule has 4 nitrogen and oxygen atoms in total. The van der Waals surface area contributed by atoms with E-state index in [0.717, 1.165) is 38.4 Å². The smallest absolute Gasteiger partial charge is 0.305 e. The Morgan fingerprint density at radius 2 is 2.22 bits per heavy atom. The van der Waals surface area contributed by atoms with Crippen LogP contribution >= 0.6 is 0 Å². The van der Waals surface area contributed by atoms with Crippen LogP contribution in [0.25, 0.3) is 0 Å². The molecule has 0 aromatic carbocycles. The zero-order chi connectivity index (χ0) is 13.2. The highest BCUT2D eigenvalue weighted by Crippen LogP contribution is 2.13. The van der Waals surface area contributed by atoms with E-state index < -0.39 is 0 Å². The second-order valence-corrected chi connectivity index (χ2v) is 5.10. The van der Waals surface area contributed by atoms with Crippen molar-refractivity contribution in [1.82, 2.24) is 10.2 Å². The summed E-state index contributed by atoms with van der Waals surface area (Å²) in [6, 6.07) is 0.726. The fourth-order valence-electron chi connectivity index (χ4n) is 2.44. The van der Waals surface area contributed by atoms with Crippen LogP contribution in [0, 0.1) is 0 Å². The number of likely N-dealkylation sites (tertiary alicyclic amines) is 1. The van der Waals surface area contributed by atoms with Crippen molar-refractivity contribution in [3.05, 3.63) is 0 Å². The van der Waals surface area contributed by atoms with Crippen molar-refractivity contribution in [2.24, 2.45) is 0 Å². The lowest BCUT2D eigenvalue weighted by Crippen LogP contribution is -2.35. The normalized spacial score (nSPS) is 20.2. The average Bonchev–Trinajstić information content (AvgIpc) is 2.74. The summed E-state index contributed by atoms with van der Waals surface area (Å²) in [6.45, 7) is 5.75. The van der Waals surface area contributed by atoms with Gasteiger partial charge in [0, 0.05) is 19.0 Å². The third-order valence-corrected chi connectivity index (χ3v) is 3.59. The van der Waals surface area contributed by atoms with Crippen LogP contribution in [0.5, 0.6) is 0 Å². The maximum absolute atomic E-state index is 11.1. The molecular weight excluding hydrogens is 228 g/mol. The molecule has 0 saturated carbocycles. The summed E-state index contributed by atoms with van der Waals surface area (Å²) in [5, 5.41) is 3.51. The quantitative estimate of drug-likeness (QED) is 0.504. The third kappa shape index (κ3) is 6.36. The molecule has 1 unspecified atom stereocenters. The van der Waals surface area contributed by atoms with Gasteiger partial charge in [-0.25, -0.2) is 0 Å². The first-order chi connectivity index (χ1) is 8.74. The molecule has 1 atom stereocenters. The standard InChI is InChI=1S/C14H28N2O2/c1-3-18-14(17)9-5-4-6-10-15-12-13-8-7-11-16(13)2/h13,15H,3-12H2,1-2H3. The third-order valence-electron chi connectivity index (χ3n) is 3.59. The van der Waals surface area contributed by atoms with E-state index in [-0.39, 0.29) is 5.97 Å². The molecule has 0 aliphatic carbocycles. The lowest BCUT2D eigenvalue weighted by Gasteiger charge is -2.19. The molecule has 1 heterocycles. The van der Waals surface area contributed by atoms with Crippen LogP contribution in [-0.4, -0.2) is 50.2 Å². The SMILES string of the molecule is CCOC(=O)CCCCCNCC1CCCN1C. The van der Waals surface area contributed by atoms with Crippen LogP contribution in [0.2, 0.25) is 0 Å². The van der Waals surface area contributed by atoms with Crippen molar-refractivity contribution < 1.29 is 9.53 Å². The zero-order valence-corrected chi connectivity index (χ0v) is 11.9. The molecule has 0 amide bonds. The van der Waals surface area contributed by atoms with Gasteiger partial charge in [-0.1, -0.05) is 6.42 Å². The highest BCUT2D eigenvalue weighted by atomic mass is 16.5. The van der Waals surface area contributed by atoms with Crippen molar-refractivity contribution in [2.45, 2.75) is 51.5 Å². The minimum Gasteiger partial charge on any atom is -0.466 e. The minimum absolute atomic E-state index is 0.0574. The van der Waals surface area contributed by atoms with Crippen LogP contribution in [-0.2, 0) is 9.53 Å². The van der Waals surface area contributed by atoms with E-state index in [1.165, 1.54) is 19.4 Å². The Balaban J connectivity index is 1.85. The monoisotopic (exact) mass is 256 g/mol. The Labute approximate surface area is 111 Å². The number of hydrogen-bond acceptors (Lipinski definition) is 4. The van der Waals surface area contributed by atoms with Gasteiger partial charge in [0.25, 0.3) is 0 Å². The lowest BCUT2D eigenvalue weighted by molar-refractivity contribution is -0.143. The molecule has 1 aliphatic heterocycles. The topological polar surface area (TPSA) is 41.6 Å². The maximum Gasteiger partial charge on any atom is 0.305 e. The molecule has 0 radical (unpaired) electrons. The molecule has 1 fully saturated rings. The highest BCUT2D eigenvalue weighted by Gasteiger charge is 2.19. The number of esters is 1. The molecular formula is C14H28N2O2. The second kappa shape index (κ2) is 9.34. The van der Waals surface area contributed by atoms with Gasteiger partial charge >= 0.3 is 5.97 Å². The summed E-state index contributed by atoms with van der Waals surface area (Å²) in [5.41, 5.74) is 0.